The molecule has 7 heteroatoms. The van der Waals surface area contributed by atoms with E-state index in [1.807, 2.05) is 29.7 Å². The molecule has 1 aliphatic heterocycles. The number of benzene rings is 2. The Bertz CT molecular complexity index is 1160. The van der Waals surface area contributed by atoms with E-state index < -0.39 is 0 Å². The molecule has 172 valence electrons. The smallest absolute Gasteiger partial charge is 0.310 e. The lowest BCUT2D eigenvalue weighted by atomic mass is 9.97. The summed E-state index contributed by atoms with van der Waals surface area (Å²) >= 11 is 6.08. The first-order valence-electron chi connectivity index (χ1n) is 11.1. The Labute approximate surface area is 197 Å². The number of hydrogen-bond acceptors (Lipinski definition) is 3. The van der Waals surface area contributed by atoms with Crippen LogP contribution < -0.4 is 0 Å². The van der Waals surface area contributed by atoms with Crippen molar-refractivity contribution in [2.24, 2.45) is 5.92 Å². The molecule has 1 aliphatic rings. The fourth-order valence-electron chi connectivity index (χ4n) is 4.36. The number of likely N-dealkylation sites (tertiary alicyclic amines) is 1. The largest absolute Gasteiger partial charge is 0.466 e. The molecule has 1 atom stereocenters. The number of piperidine rings is 1. The predicted molar refractivity (Wildman–Crippen MR) is 126 cm³/mol. The molecule has 2 aromatic carbocycles. The van der Waals surface area contributed by atoms with Gasteiger partial charge >= 0.3 is 5.97 Å². The highest BCUT2D eigenvalue weighted by Crippen LogP contribution is 2.32. The van der Waals surface area contributed by atoms with Gasteiger partial charge in [0.1, 0.15) is 5.82 Å². The van der Waals surface area contributed by atoms with Gasteiger partial charge in [-0.05, 0) is 74.7 Å². The van der Waals surface area contributed by atoms with Crippen LogP contribution in [0.25, 0.3) is 16.9 Å². The van der Waals surface area contributed by atoms with Crippen molar-refractivity contribution in [1.29, 1.82) is 0 Å². The maximum absolute atomic E-state index is 13.6. The van der Waals surface area contributed by atoms with Gasteiger partial charge in [0.15, 0.2) is 0 Å². The van der Waals surface area contributed by atoms with E-state index in [0.717, 1.165) is 29.1 Å². The summed E-state index contributed by atoms with van der Waals surface area (Å²) < 4.78 is 20.7. The molecule has 0 saturated carbocycles. The van der Waals surface area contributed by atoms with Crippen molar-refractivity contribution in [3.8, 4) is 16.9 Å². The molecular formula is C26H26ClFN2O3. The van der Waals surface area contributed by atoms with Crippen LogP contribution in [0.5, 0.6) is 0 Å². The van der Waals surface area contributed by atoms with Crippen molar-refractivity contribution in [3.63, 3.8) is 0 Å². The van der Waals surface area contributed by atoms with Crippen LogP contribution in [0.1, 0.15) is 35.8 Å². The molecule has 4 rings (SSSR count). The zero-order valence-electron chi connectivity index (χ0n) is 18.7. The van der Waals surface area contributed by atoms with Gasteiger partial charge in [-0.2, -0.15) is 0 Å². The maximum atomic E-state index is 13.6. The number of amides is 1. The number of aromatic nitrogens is 1. The highest BCUT2D eigenvalue weighted by molar-refractivity contribution is 6.30. The van der Waals surface area contributed by atoms with Crippen LogP contribution >= 0.6 is 11.6 Å². The minimum absolute atomic E-state index is 0.127. The molecule has 1 unspecified atom stereocenters. The number of hydrogen-bond donors (Lipinski definition) is 0. The monoisotopic (exact) mass is 468 g/mol. The second kappa shape index (κ2) is 9.79. The second-order valence-corrected chi connectivity index (χ2v) is 8.63. The fraction of sp³-hybridized carbons (Fsp3) is 0.308. The van der Waals surface area contributed by atoms with Crippen LogP contribution in [-0.4, -0.2) is 41.0 Å². The highest BCUT2D eigenvalue weighted by atomic mass is 35.5. The second-order valence-electron chi connectivity index (χ2n) is 8.19. The normalized spacial score (nSPS) is 16.0. The van der Waals surface area contributed by atoms with Gasteiger partial charge in [0.25, 0.3) is 5.91 Å². The van der Waals surface area contributed by atoms with E-state index in [-0.39, 0.29) is 23.6 Å². The van der Waals surface area contributed by atoms with Crippen molar-refractivity contribution in [2.75, 3.05) is 19.7 Å². The minimum atomic E-state index is -0.328. The molecule has 3 aromatic rings. The van der Waals surface area contributed by atoms with Crippen molar-refractivity contribution >= 4 is 23.5 Å². The number of rotatable bonds is 5. The first kappa shape index (κ1) is 23.1. The Hall–Kier alpha value is -3.12. The third kappa shape index (κ3) is 4.81. The topological polar surface area (TPSA) is 51.5 Å². The molecule has 5 nitrogen and oxygen atoms in total. The third-order valence-electron chi connectivity index (χ3n) is 6.03. The summed E-state index contributed by atoms with van der Waals surface area (Å²) in [5, 5.41) is 0.616. The van der Waals surface area contributed by atoms with Gasteiger partial charge in [0.05, 0.1) is 23.8 Å². The molecule has 0 bridgehead atoms. The Morgan fingerprint density at radius 3 is 2.48 bits per heavy atom. The molecule has 1 fully saturated rings. The Balaban J connectivity index is 1.73. The number of esters is 1. The average molecular weight is 469 g/mol. The standard InChI is InChI=1S/C26H26ClFN2O3/c1-3-33-26(32)19-5-4-14-29(16-19)25(31)23-15-24(18-6-8-20(27)9-7-18)30(17(23)2)22-12-10-21(28)11-13-22/h6-13,15,19H,3-5,14,16H2,1-2H3. The van der Waals surface area contributed by atoms with E-state index in [1.54, 1.807) is 36.1 Å². The Morgan fingerprint density at radius 1 is 1.12 bits per heavy atom. The number of halogens is 2. The zero-order valence-corrected chi connectivity index (χ0v) is 19.4. The van der Waals surface area contributed by atoms with Crippen molar-refractivity contribution in [1.82, 2.24) is 9.47 Å². The lowest BCUT2D eigenvalue weighted by molar-refractivity contribution is -0.149. The number of nitrogens with zero attached hydrogens (tertiary/aromatic N) is 2. The molecule has 1 aromatic heterocycles. The van der Waals surface area contributed by atoms with Crippen LogP contribution in [0.15, 0.2) is 54.6 Å². The Kier molecular flexibility index (Phi) is 6.84. The van der Waals surface area contributed by atoms with E-state index in [0.29, 0.717) is 36.7 Å². The van der Waals surface area contributed by atoms with Gasteiger partial charge in [-0.15, -0.1) is 0 Å². The van der Waals surface area contributed by atoms with E-state index in [2.05, 4.69) is 0 Å². The van der Waals surface area contributed by atoms with E-state index in [4.69, 9.17) is 16.3 Å². The fourth-order valence-corrected chi connectivity index (χ4v) is 4.49. The van der Waals surface area contributed by atoms with Gasteiger partial charge in [-0.3, -0.25) is 9.59 Å². The van der Waals surface area contributed by atoms with Crippen molar-refractivity contribution in [3.05, 3.63) is 76.7 Å². The number of ether oxygens (including phenoxy) is 1. The number of carbonyl (C=O) groups is 2. The van der Waals surface area contributed by atoms with Crippen LogP contribution in [0.4, 0.5) is 4.39 Å². The third-order valence-corrected chi connectivity index (χ3v) is 6.28. The molecule has 1 saturated heterocycles. The highest BCUT2D eigenvalue weighted by Gasteiger charge is 2.31. The summed E-state index contributed by atoms with van der Waals surface area (Å²) in [7, 11) is 0. The summed E-state index contributed by atoms with van der Waals surface area (Å²) in [4.78, 5) is 27.5. The van der Waals surface area contributed by atoms with Crippen molar-refractivity contribution in [2.45, 2.75) is 26.7 Å². The quantitative estimate of drug-likeness (QED) is 0.454. The molecule has 0 aliphatic carbocycles. The van der Waals surface area contributed by atoms with Gasteiger partial charge < -0.3 is 14.2 Å². The van der Waals surface area contributed by atoms with Gasteiger partial charge in [0.2, 0.25) is 0 Å². The average Bonchev–Trinajstić information content (AvgIpc) is 3.17. The van der Waals surface area contributed by atoms with E-state index in [9.17, 15) is 14.0 Å². The van der Waals surface area contributed by atoms with E-state index in [1.165, 1.54) is 12.1 Å². The Morgan fingerprint density at radius 2 is 1.82 bits per heavy atom. The molecule has 0 radical (unpaired) electrons. The van der Waals surface area contributed by atoms with Gasteiger partial charge in [0, 0.05) is 29.5 Å². The number of carbonyl (C=O) groups excluding carboxylic acids is 2. The SMILES string of the molecule is CCOC(=O)C1CCCN(C(=O)c2cc(-c3ccc(Cl)cc3)n(-c3ccc(F)cc3)c2C)C1. The summed E-state index contributed by atoms with van der Waals surface area (Å²) in [6, 6.07) is 15.4. The molecule has 1 amide bonds. The van der Waals surface area contributed by atoms with Crippen LogP contribution in [0.3, 0.4) is 0 Å². The van der Waals surface area contributed by atoms with Gasteiger partial charge in [-0.1, -0.05) is 23.7 Å². The lowest BCUT2D eigenvalue weighted by Gasteiger charge is -2.31. The maximum Gasteiger partial charge on any atom is 0.310 e. The molecule has 0 N–H and O–H groups in total. The predicted octanol–water partition coefficient (Wildman–Crippen LogP) is 5.66. The van der Waals surface area contributed by atoms with Crippen LogP contribution in [0, 0.1) is 18.7 Å². The summed E-state index contributed by atoms with van der Waals surface area (Å²) in [6.07, 6.45) is 1.46. The molecule has 0 spiro atoms. The summed E-state index contributed by atoms with van der Waals surface area (Å²) in [6.45, 7) is 4.92. The summed E-state index contributed by atoms with van der Waals surface area (Å²) in [5.41, 5.74) is 3.73. The van der Waals surface area contributed by atoms with Gasteiger partial charge in [-0.25, -0.2) is 4.39 Å². The first-order valence-corrected chi connectivity index (χ1v) is 11.5. The molecule has 33 heavy (non-hydrogen) atoms. The van der Waals surface area contributed by atoms with Crippen LogP contribution in [0.2, 0.25) is 5.02 Å². The molecular weight excluding hydrogens is 443 g/mol. The van der Waals surface area contributed by atoms with Crippen LogP contribution in [-0.2, 0) is 9.53 Å². The summed E-state index contributed by atoms with van der Waals surface area (Å²) in [5.74, 6) is -1.01. The minimum Gasteiger partial charge on any atom is -0.466 e. The lowest BCUT2D eigenvalue weighted by Crippen LogP contribution is -2.43. The first-order chi connectivity index (χ1) is 15.9. The van der Waals surface area contributed by atoms with Crippen molar-refractivity contribution < 1.29 is 18.7 Å². The van der Waals surface area contributed by atoms with E-state index >= 15 is 0 Å². The molecule has 2 heterocycles. The zero-order chi connectivity index (χ0) is 23.5.